The molecule has 4 rings (SSSR count). The molecule has 0 amide bonds. The molecule has 3 aromatic heterocycles. The van der Waals surface area contributed by atoms with E-state index in [0.717, 1.165) is 44.1 Å². The highest BCUT2D eigenvalue weighted by Gasteiger charge is 2.25. The number of nitrogens with zero attached hydrogens (tertiary/aromatic N) is 5. The average Bonchev–Trinajstić information content (AvgIpc) is 3.26. The van der Waals surface area contributed by atoms with Crippen molar-refractivity contribution < 1.29 is 4.74 Å². The third-order valence-electron chi connectivity index (χ3n) is 5.19. The van der Waals surface area contributed by atoms with Crippen LogP contribution in [0, 0.1) is 6.92 Å². The lowest BCUT2D eigenvalue weighted by Gasteiger charge is -2.32. The number of fused-ring (bicyclic) bond motifs is 1. The number of rotatable bonds is 6. The zero-order chi connectivity index (χ0) is 17.9. The maximum atomic E-state index is 5.23. The first-order chi connectivity index (χ1) is 12.7. The van der Waals surface area contributed by atoms with Crippen molar-refractivity contribution >= 4 is 5.65 Å². The molecule has 1 saturated heterocycles. The van der Waals surface area contributed by atoms with Gasteiger partial charge in [-0.1, -0.05) is 6.07 Å². The number of pyridine rings is 1. The second-order valence-electron chi connectivity index (χ2n) is 7.25. The summed E-state index contributed by atoms with van der Waals surface area (Å²) in [6, 6.07) is 4.20. The zero-order valence-electron chi connectivity index (χ0n) is 15.6. The molecule has 4 heterocycles. The first kappa shape index (κ1) is 17.2. The number of imidazole rings is 2. The minimum absolute atomic E-state index is 0.481. The number of piperidine rings is 1. The van der Waals surface area contributed by atoms with Gasteiger partial charge < -0.3 is 13.7 Å². The summed E-state index contributed by atoms with van der Waals surface area (Å²) < 4.78 is 9.60. The second kappa shape index (κ2) is 7.60. The number of aryl methyl sites for hydroxylation is 1. The molecule has 6 nitrogen and oxygen atoms in total. The van der Waals surface area contributed by atoms with Crippen LogP contribution in [0.5, 0.6) is 0 Å². The highest BCUT2D eigenvalue weighted by Crippen LogP contribution is 2.26. The molecule has 1 fully saturated rings. The standard InChI is InChI=1S/C20H27N5O/c1-16-5-6-19-22-18(15-25(19)12-16)14-23-8-3-4-17(13-23)20-21-7-9-24(20)10-11-26-2/h5-7,9,12,15,17H,3-4,8,10-11,13-14H2,1-2H3/t17-/m1/s1. The first-order valence-corrected chi connectivity index (χ1v) is 9.39. The summed E-state index contributed by atoms with van der Waals surface area (Å²) in [6.07, 6.45) is 10.7. The maximum Gasteiger partial charge on any atom is 0.137 e. The minimum atomic E-state index is 0.481. The van der Waals surface area contributed by atoms with Gasteiger partial charge in [-0.3, -0.25) is 4.90 Å². The fourth-order valence-electron chi connectivity index (χ4n) is 3.93. The number of ether oxygens (including phenoxy) is 1. The molecule has 0 spiro atoms. The fourth-order valence-corrected chi connectivity index (χ4v) is 3.93. The van der Waals surface area contributed by atoms with Crippen molar-refractivity contribution in [1.82, 2.24) is 23.8 Å². The molecule has 1 aliphatic rings. The number of aromatic nitrogens is 4. The number of hydrogen-bond acceptors (Lipinski definition) is 4. The first-order valence-electron chi connectivity index (χ1n) is 9.39. The third kappa shape index (κ3) is 3.66. The predicted octanol–water partition coefficient (Wildman–Crippen LogP) is 2.87. The topological polar surface area (TPSA) is 47.6 Å². The molecular formula is C20H27N5O. The molecule has 0 unspecified atom stereocenters. The Labute approximate surface area is 154 Å². The Morgan fingerprint density at radius 1 is 1.27 bits per heavy atom. The number of hydrogen-bond donors (Lipinski definition) is 0. The van der Waals surface area contributed by atoms with Crippen LogP contribution in [0.4, 0.5) is 0 Å². The minimum Gasteiger partial charge on any atom is -0.383 e. The van der Waals surface area contributed by atoms with E-state index in [1.807, 2.05) is 6.20 Å². The van der Waals surface area contributed by atoms with Crippen molar-refractivity contribution in [2.45, 2.75) is 38.8 Å². The van der Waals surface area contributed by atoms with Crippen LogP contribution in [0.15, 0.2) is 36.9 Å². The zero-order valence-corrected chi connectivity index (χ0v) is 15.6. The van der Waals surface area contributed by atoms with E-state index in [-0.39, 0.29) is 0 Å². The molecule has 0 saturated carbocycles. The fraction of sp³-hybridized carbons (Fsp3) is 0.500. The summed E-state index contributed by atoms with van der Waals surface area (Å²) in [7, 11) is 1.75. The Morgan fingerprint density at radius 3 is 3.08 bits per heavy atom. The van der Waals surface area contributed by atoms with Crippen LogP contribution in [0.25, 0.3) is 5.65 Å². The summed E-state index contributed by atoms with van der Waals surface area (Å²) in [5.41, 5.74) is 3.41. The summed E-state index contributed by atoms with van der Waals surface area (Å²) >= 11 is 0. The molecule has 0 N–H and O–H groups in total. The van der Waals surface area contributed by atoms with Gasteiger partial charge in [0.1, 0.15) is 11.5 Å². The van der Waals surface area contributed by atoms with Crippen LogP contribution in [0.2, 0.25) is 0 Å². The molecule has 0 radical (unpaired) electrons. The van der Waals surface area contributed by atoms with Gasteiger partial charge in [-0.05, 0) is 37.9 Å². The maximum absolute atomic E-state index is 5.23. The molecular weight excluding hydrogens is 326 g/mol. The van der Waals surface area contributed by atoms with Crippen molar-refractivity contribution in [3.63, 3.8) is 0 Å². The summed E-state index contributed by atoms with van der Waals surface area (Å²) in [4.78, 5) is 11.9. The van der Waals surface area contributed by atoms with Gasteiger partial charge in [-0.2, -0.15) is 0 Å². The Bertz CT molecular complexity index is 868. The molecule has 0 aromatic carbocycles. The quantitative estimate of drug-likeness (QED) is 0.684. The van der Waals surface area contributed by atoms with Crippen molar-refractivity contribution in [2.75, 3.05) is 26.8 Å². The molecule has 0 bridgehead atoms. The van der Waals surface area contributed by atoms with Gasteiger partial charge in [0.05, 0.1) is 12.3 Å². The largest absolute Gasteiger partial charge is 0.383 e. The third-order valence-corrected chi connectivity index (χ3v) is 5.19. The molecule has 138 valence electrons. The average molecular weight is 353 g/mol. The van der Waals surface area contributed by atoms with E-state index in [1.165, 1.54) is 24.2 Å². The molecule has 1 atom stereocenters. The van der Waals surface area contributed by atoms with Gasteiger partial charge in [0.2, 0.25) is 0 Å². The van der Waals surface area contributed by atoms with Gasteiger partial charge in [0.25, 0.3) is 0 Å². The number of methoxy groups -OCH3 is 1. The van der Waals surface area contributed by atoms with Crippen LogP contribution in [-0.4, -0.2) is 50.6 Å². The monoisotopic (exact) mass is 353 g/mol. The molecule has 1 aliphatic heterocycles. The van der Waals surface area contributed by atoms with Crippen LogP contribution in [-0.2, 0) is 17.8 Å². The van der Waals surface area contributed by atoms with Crippen LogP contribution >= 0.6 is 0 Å². The highest BCUT2D eigenvalue weighted by atomic mass is 16.5. The normalized spacial score (nSPS) is 18.6. The smallest absolute Gasteiger partial charge is 0.137 e. The van der Waals surface area contributed by atoms with Gasteiger partial charge >= 0.3 is 0 Å². The van der Waals surface area contributed by atoms with Crippen molar-refractivity contribution in [3.8, 4) is 0 Å². The summed E-state index contributed by atoms with van der Waals surface area (Å²) in [5.74, 6) is 1.67. The SMILES string of the molecule is COCCn1ccnc1[C@@H]1CCCN(Cc2cn3cc(C)ccc3n2)C1. The Kier molecular flexibility index (Phi) is 5.04. The lowest BCUT2D eigenvalue weighted by molar-refractivity contribution is 0.177. The number of likely N-dealkylation sites (tertiary alicyclic amines) is 1. The van der Waals surface area contributed by atoms with E-state index >= 15 is 0 Å². The van der Waals surface area contributed by atoms with Crippen LogP contribution in [0.3, 0.4) is 0 Å². The van der Waals surface area contributed by atoms with E-state index in [0.29, 0.717) is 5.92 Å². The predicted molar refractivity (Wildman–Crippen MR) is 101 cm³/mol. The van der Waals surface area contributed by atoms with Crippen LogP contribution in [0.1, 0.15) is 35.8 Å². The van der Waals surface area contributed by atoms with E-state index in [4.69, 9.17) is 9.72 Å². The van der Waals surface area contributed by atoms with E-state index in [1.54, 1.807) is 7.11 Å². The van der Waals surface area contributed by atoms with Crippen LogP contribution < -0.4 is 0 Å². The highest BCUT2D eigenvalue weighted by molar-refractivity contribution is 5.41. The van der Waals surface area contributed by atoms with E-state index in [2.05, 4.69) is 56.5 Å². The second-order valence-corrected chi connectivity index (χ2v) is 7.25. The Hall–Kier alpha value is -2.18. The lowest BCUT2D eigenvalue weighted by Crippen LogP contribution is -2.35. The Morgan fingerprint density at radius 2 is 2.19 bits per heavy atom. The van der Waals surface area contributed by atoms with Gasteiger partial charge in [0, 0.05) is 57.4 Å². The van der Waals surface area contributed by atoms with E-state index in [9.17, 15) is 0 Å². The van der Waals surface area contributed by atoms with Crippen molar-refractivity contribution in [3.05, 3.63) is 54.0 Å². The van der Waals surface area contributed by atoms with E-state index < -0.39 is 0 Å². The molecule has 26 heavy (non-hydrogen) atoms. The molecule has 6 heteroatoms. The summed E-state index contributed by atoms with van der Waals surface area (Å²) in [5, 5.41) is 0. The summed E-state index contributed by atoms with van der Waals surface area (Å²) in [6.45, 7) is 6.77. The molecule has 3 aromatic rings. The Balaban J connectivity index is 1.45. The van der Waals surface area contributed by atoms with Gasteiger partial charge in [-0.15, -0.1) is 0 Å². The van der Waals surface area contributed by atoms with Gasteiger partial charge in [0.15, 0.2) is 0 Å². The van der Waals surface area contributed by atoms with Crippen molar-refractivity contribution in [1.29, 1.82) is 0 Å². The lowest BCUT2D eigenvalue weighted by atomic mass is 9.97. The molecule has 0 aliphatic carbocycles. The van der Waals surface area contributed by atoms with Gasteiger partial charge in [-0.25, -0.2) is 9.97 Å². The van der Waals surface area contributed by atoms with Crippen molar-refractivity contribution in [2.24, 2.45) is 0 Å².